The first-order valence-electron chi connectivity index (χ1n) is 9.02. The largest absolute Gasteiger partial charge is 0.486 e. The van der Waals surface area contributed by atoms with Crippen molar-refractivity contribution >= 4 is 32.4 Å². The number of rotatable bonds is 4. The van der Waals surface area contributed by atoms with Gasteiger partial charge >= 0.3 is 0 Å². The second kappa shape index (κ2) is 7.34. The summed E-state index contributed by atoms with van der Waals surface area (Å²) in [6.45, 7) is 4.90. The number of amides is 1. The smallest absolute Gasteiger partial charge is 0.244 e. The highest BCUT2D eigenvalue weighted by Gasteiger charge is 2.40. The summed E-state index contributed by atoms with van der Waals surface area (Å²) in [5, 5.41) is 3.26. The number of anilines is 1. The number of nitrogens with one attached hydrogen (secondary N) is 1. The van der Waals surface area contributed by atoms with Crippen molar-refractivity contribution in [2.75, 3.05) is 25.1 Å². The summed E-state index contributed by atoms with van der Waals surface area (Å²) in [6.07, 6.45) is 1.09. The molecule has 0 bridgehead atoms. The van der Waals surface area contributed by atoms with E-state index in [1.807, 2.05) is 13.8 Å². The number of fused-ring (bicyclic) bond motifs is 1. The van der Waals surface area contributed by atoms with Crippen LogP contribution in [0.15, 0.2) is 23.1 Å². The van der Waals surface area contributed by atoms with E-state index in [1.54, 1.807) is 6.07 Å². The van der Waals surface area contributed by atoms with Crippen molar-refractivity contribution in [2.45, 2.75) is 37.6 Å². The molecule has 1 aromatic carbocycles. The van der Waals surface area contributed by atoms with Gasteiger partial charge in [0.25, 0.3) is 0 Å². The fourth-order valence-electron chi connectivity index (χ4n) is 3.32. The van der Waals surface area contributed by atoms with E-state index in [1.165, 1.54) is 27.8 Å². The molecule has 2 aromatic rings. The van der Waals surface area contributed by atoms with E-state index in [4.69, 9.17) is 9.47 Å². The number of aryl methyl sites for hydroxylation is 2. The zero-order chi connectivity index (χ0) is 19.9. The van der Waals surface area contributed by atoms with Gasteiger partial charge in [0, 0.05) is 17.5 Å². The monoisotopic (exact) mass is 423 g/mol. The van der Waals surface area contributed by atoms with Gasteiger partial charge in [-0.1, -0.05) is 0 Å². The second-order valence-electron chi connectivity index (χ2n) is 6.73. The van der Waals surface area contributed by atoms with Gasteiger partial charge in [-0.15, -0.1) is 11.3 Å². The quantitative estimate of drug-likeness (QED) is 0.811. The number of sulfonamides is 1. The number of carbonyl (C=O) groups is 1. The number of ether oxygens (including phenoxy) is 2. The lowest BCUT2D eigenvalue weighted by Crippen LogP contribution is -2.43. The van der Waals surface area contributed by atoms with Crippen molar-refractivity contribution in [1.29, 1.82) is 0 Å². The Labute approximate surface area is 167 Å². The van der Waals surface area contributed by atoms with Crippen LogP contribution in [0, 0.1) is 13.8 Å². The van der Waals surface area contributed by atoms with E-state index in [2.05, 4.69) is 10.3 Å². The van der Waals surface area contributed by atoms with Crippen LogP contribution in [0.4, 0.5) is 5.13 Å². The van der Waals surface area contributed by atoms with Crippen LogP contribution in [0.5, 0.6) is 11.5 Å². The molecule has 2 aliphatic heterocycles. The molecule has 1 saturated heterocycles. The lowest BCUT2D eigenvalue weighted by molar-refractivity contribution is -0.119. The first-order chi connectivity index (χ1) is 13.4. The Balaban J connectivity index is 1.57. The summed E-state index contributed by atoms with van der Waals surface area (Å²) in [6, 6.07) is 3.78. The molecular formula is C18H21N3O5S2. The summed E-state index contributed by atoms with van der Waals surface area (Å²) < 4.78 is 38.6. The fraction of sp³-hybridized carbons (Fsp3) is 0.444. The molecule has 2 aliphatic rings. The number of carbonyl (C=O) groups excluding carboxylic acids is 1. The van der Waals surface area contributed by atoms with Crippen LogP contribution in [0.2, 0.25) is 0 Å². The molecule has 8 nitrogen and oxygen atoms in total. The van der Waals surface area contributed by atoms with E-state index in [0.29, 0.717) is 49.2 Å². The van der Waals surface area contributed by atoms with Crippen LogP contribution < -0.4 is 14.8 Å². The maximum absolute atomic E-state index is 13.2. The van der Waals surface area contributed by atoms with Gasteiger partial charge in [0.15, 0.2) is 16.6 Å². The zero-order valence-corrected chi connectivity index (χ0v) is 17.2. The lowest BCUT2D eigenvalue weighted by Gasteiger charge is -2.24. The molecule has 0 aliphatic carbocycles. The fourth-order valence-corrected chi connectivity index (χ4v) is 5.81. The molecule has 1 atom stereocenters. The van der Waals surface area contributed by atoms with E-state index in [-0.39, 0.29) is 10.8 Å². The number of benzene rings is 1. The van der Waals surface area contributed by atoms with Crippen LogP contribution in [0.3, 0.4) is 0 Å². The summed E-state index contributed by atoms with van der Waals surface area (Å²) in [7, 11) is -3.84. The minimum atomic E-state index is -3.84. The van der Waals surface area contributed by atoms with Gasteiger partial charge in [0.1, 0.15) is 19.3 Å². The zero-order valence-electron chi connectivity index (χ0n) is 15.6. The Bertz CT molecular complexity index is 999. The molecule has 150 valence electrons. The number of nitrogens with zero attached hydrogens (tertiary/aromatic N) is 2. The van der Waals surface area contributed by atoms with Gasteiger partial charge in [-0.05, 0) is 38.8 Å². The molecule has 1 aromatic heterocycles. The van der Waals surface area contributed by atoms with Crippen LogP contribution >= 0.6 is 11.3 Å². The van der Waals surface area contributed by atoms with Gasteiger partial charge in [0.05, 0.1) is 10.6 Å². The number of hydrogen-bond donors (Lipinski definition) is 1. The summed E-state index contributed by atoms with van der Waals surface area (Å²) >= 11 is 1.38. The van der Waals surface area contributed by atoms with Crippen molar-refractivity contribution in [3.8, 4) is 11.5 Å². The third-order valence-electron chi connectivity index (χ3n) is 4.89. The number of hydrogen-bond acceptors (Lipinski definition) is 7. The van der Waals surface area contributed by atoms with E-state index >= 15 is 0 Å². The minimum absolute atomic E-state index is 0.0948. The SMILES string of the molecule is Cc1nc(NC(=O)C2CCCN2S(=O)(=O)c2ccc3c(c2)OCCO3)sc1C. The Morgan fingerprint density at radius 3 is 2.71 bits per heavy atom. The minimum Gasteiger partial charge on any atom is -0.486 e. The topological polar surface area (TPSA) is 97.8 Å². The summed E-state index contributed by atoms with van der Waals surface area (Å²) in [4.78, 5) is 18.2. The average molecular weight is 424 g/mol. The van der Waals surface area contributed by atoms with Gasteiger partial charge in [-0.2, -0.15) is 4.31 Å². The molecule has 0 radical (unpaired) electrons. The van der Waals surface area contributed by atoms with Crippen molar-refractivity contribution in [3.05, 3.63) is 28.8 Å². The van der Waals surface area contributed by atoms with Crippen molar-refractivity contribution in [1.82, 2.24) is 9.29 Å². The van der Waals surface area contributed by atoms with E-state index in [9.17, 15) is 13.2 Å². The second-order valence-corrected chi connectivity index (χ2v) is 9.82. The first-order valence-corrected chi connectivity index (χ1v) is 11.3. The molecule has 28 heavy (non-hydrogen) atoms. The molecule has 4 rings (SSSR count). The van der Waals surface area contributed by atoms with E-state index in [0.717, 1.165) is 10.6 Å². The Morgan fingerprint density at radius 2 is 2.00 bits per heavy atom. The maximum Gasteiger partial charge on any atom is 0.244 e. The average Bonchev–Trinajstić information content (AvgIpc) is 3.29. The van der Waals surface area contributed by atoms with Gasteiger partial charge in [-0.25, -0.2) is 13.4 Å². The lowest BCUT2D eigenvalue weighted by atomic mass is 10.2. The Hall–Kier alpha value is -2.17. The molecule has 0 saturated carbocycles. The van der Waals surface area contributed by atoms with Gasteiger partial charge in [-0.3, -0.25) is 4.79 Å². The predicted molar refractivity (Wildman–Crippen MR) is 105 cm³/mol. The van der Waals surface area contributed by atoms with Gasteiger partial charge in [0.2, 0.25) is 15.9 Å². The molecule has 1 N–H and O–H groups in total. The highest BCUT2D eigenvalue weighted by atomic mass is 32.2. The molecular weight excluding hydrogens is 402 g/mol. The van der Waals surface area contributed by atoms with Crippen LogP contribution in [0.25, 0.3) is 0 Å². The maximum atomic E-state index is 13.2. The molecule has 0 spiro atoms. The van der Waals surface area contributed by atoms with Crippen LogP contribution in [-0.4, -0.2) is 49.4 Å². The van der Waals surface area contributed by atoms with E-state index < -0.39 is 16.1 Å². The normalized spacial score (nSPS) is 19.6. The van der Waals surface area contributed by atoms with Gasteiger partial charge < -0.3 is 14.8 Å². The highest BCUT2D eigenvalue weighted by Crippen LogP contribution is 2.35. The summed E-state index contributed by atoms with van der Waals surface area (Å²) in [5.41, 5.74) is 0.854. The number of aromatic nitrogens is 1. The third kappa shape index (κ3) is 3.47. The van der Waals surface area contributed by atoms with Crippen molar-refractivity contribution in [3.63, 3.8) is 0 Å². The van der Waals surface area contributed by atoms with Crippen molar-refractivity contribution < 1.29 is 22.7 Å². The Morgan fingerprint density at radius 1 is 1.25 bits per heavy atom. The molecule has 1 fully saturated rings. The summed E-state index contributed by atoms with van der Waals surface area (Å²) in [5.74, 6) is 0.573. The standard InChI is InChI=1S/C18H21N3O5S2/c1-11-12(2)27-18(19-11)20-17(22)14-4-3-7-21(14)28(23,24)13-5-6-15-16(10-13)26-9-8-25-15/h5-6,10,14H,3-4,7-9H2,1-2H3,(H,19,20,22). The molecule has 10 heteroatoms. The van der Waals surface area contributed by atoms with Crippen molar-refractivity contribution in [2.24, 2.45) is 0 Å². The van der Waals surface area contributed by atoms with Crippen LogP contribution in [-0.2, 0) is 14.8 Å². The predicted octanol–water partition coefficient (Wildman–Crippen LogP) is 2.32. The third-order valence-corrected chi connectivity index (χ3v) is 7.78. The Kier molecular flexibility index (Phi) is 5.02. The molecule has 3 heterocycles. The first kappa shape index (κ1) is 19.2. The van der Waals surface area contributed by atoms with Crippen LogP contribution in [0.1, 0.15) is 23.4 Å². The highest BCUT2D eigenvalue weighted by molar-refractivity contribution is 7.89. The molecule has 1 amide bonds. The number of thiazole rings is 1. The molecule has 1 unspecified atom stereocenters.